The first kappa shape index (κ1) is 21.1. The predicted octanol–water partition coefficient (Wildman–Crippen LogP) is 3.68. The van der Waals surface area contributed by atoms with Crippen LogP contribution in [0.5, 0.6) is 0 Å². The maximum Gasteiger partial charge on any atom is 0.331 e. The van der Waals surface area contributed by atoms with E-state index >= 15 is 0 Å². The molecule has 29 heavy (non-hydrogen) atoms. The van der Waals surface area contributed by atoms with Crippen molar-refractivity contribution in [1.29, 1.82) is 0 Å². The highest BCUT2D eigenvalue weighted by molar-refractivity contribution is 5.87. The minimum atomic E-state index is -0.901. The van der Waals surface area contributed by atoms with Gasteiger partial charge in [-0.15, -0.1) is 0 Å². The van der Waals surface area contributed by atoms with Crippen LogP contribution < -0.4 is 5.32 Å². The molecule has 0 aliphatic heterocycles. The summed E-state index contributed by atoms with van der Waals surface area (Å²) in [5.41, 5.74) is 1.65. The molecule has 154 valence electrons. The highest BCUT2D eigenvalue weighted by Gasteiger charge is 2.44. The summed E-state index contributed by atoms with van der Waals surface area (Å²) in [6.07, 6.45) is 2.83. The number of ether oxygens (including phenoxy) is 1. The topological polar surface area (TPSA) is 58.6 Å². The Labute approximate surface area is 173 Å². The molecule has 1 N–H and O–H groups in total. The van der Waals surface area contributed by atoms with E-state index in [1.807, 2.05) is 12.1 Å². The zero-order valence-electron chi connectivity index (χ0n) is 17.3. The quantitative estimate of drug-likeness (QED) is 0.728. The first-order chi connectivity index (χ1) is 14.0. The van der Waals surface area contributed by atoms with Gasteiger partial charge < -0.3 is 10.1 Å². The van der Waals surface area contributed by atoms with Crippen molar-refractivity contribution in [3.63, 3.8) is 0 Å². The van der Waals surface area contributed by atoms with Gasteiger partial charge in [-0.25, -0.2) is 4.79 Å². The van der Waals surface area contributed by atoms with Gasteiger partial charge >= 0.3 is 5.97 Å². The molecule has 2 aromatic rings. The summed E-state index contributed by atoms with van der Waals surface area (Å²) >= 11 is 0. The molecule has 2 aromatic carbocycles. The number of methoxy groups -OCH3 is 1. The Morgan fingerprint density at radius 1 is 0.966 bits per heavy atom. The highest BCUT2D eigenvalue weighted by atomic mass is 16.5. The van der Waals surface area contributed by atoms with E-state index in [2.05, 4.69) is 58.7 Å². The molecule has 1 saturated carbocycles. The van der Waals surface area contributed by atoms with Crippen LogP contribution in [-0.4, -0.2) is 35.5 Å². The maximum atomic E-state index is 12.4. The summed E-state index contributed by atoms with van der Waals surface area (Å²) in [4.78, 5) is 26.6. The van der Waals surface area contributed by atoms with Crippen molar-refractivity contribution in [3.8, 4) is 0 Å². The molecular weight excluding hydrogens is 364 g/mol. The van der Waals surface area contributed by atoms with Crippen LogP contribution in [0.4, 0.5) is 0 Å². The van der Waals surface area contributed by atoms with Gasteiger partial charge in [0.05, 0.1) is 7.11 Å². The molecule has 0 unspecified atom stereocenters. The number of hydrogen-bond acceptors (Lipinski definition) is 4. The van der Waals surface area contributed by atoms with Crippen LogP contribution in [0.25, 0.3) is 0 Å². The van der Waals surface area contributed by atoms with Crippen molar-refractivity contribution >= 4 is 11.9 Å². The zero-order valence-corrected chi connectivity index (χ0v) is 17.3. The third-order valence-electron chi connectivity index (χ3n) is 5.77. The van der Waals surface area contributed by atoms with Crippen LogP contribution in [0.3, 0.4) is 0 Å². The van der Waals surface area contributed by atoms with Crippen molar-refractivity contribution in [2.75, 3.05) is 7.11 Å². The number of hydrogen-bond donors (Lipinski definition) is 1. The van der Waals surface area contributed by atoms with Crippen LogP contribution in [0.2, 0.25) is 0 Å². The molecule has 0 atom stereocenters. The van der Waals surface area contributed by atoms with E-state index in [-0.39, 0.29) is 11.9 Å². The predicted molar refractivity (Wildman–Crippen MR) is 113 cm³/mol. The molecule has 1 fully saturated rings. The van der Waals surface area contributed by atoms with E-state index in [0.29, 0.717) is 18.9 Å². The Balaban J connectivity index is 1.76. The lowest BCUT2D eigenvalue weighted by Gasteiger charge is -2.42. The lowest BCUT2D eigenvalue weighted by Crippen LogP contribution is -2.58. The number of carbonyl (C=O) groups excluding carboxylic acids is 2. The smallest absolute Gasteiger partial charge is 0.331 e. The van der Waals surface area contributed by atoms with Crippen LogP contribution in [-0.2, 0) is 27.4 Å². The van der Waals surface area contributed by atoms with E-state index in [1.165, 1.54) is 25.2 Å². The second-order valence-electron chi connectivity index (χ2n) is 7.86. The second kappa shape index (κ2) is 9.70. The van der Waals surface area contributed by atoms with Gasteiger partial charge in [-0.1, -0.05) is 60.7 Å². The fourth-order valence-electron chi connectivity index (χ4n) is 4.32. The Kier molecular flexibility index (Phi) is 7.04. The van der Waals surface area contributed by atoms with E-state index in [4.69, 9.17) is 4.74 Å². The Morgan fingerprint density at radius 2 is 1.45 bits per heavy atom. The summed E-state index contributed by atoms with van der Waals surface area (Å²) in [7, 11) is 1.38. The highest BCUT2D eigenvalue weighted by Crippen LogP contribution is 2.33. The fraction of sp³-hybridized carbons (Fsp3) is 0.417. The van der Waals surface area contributed by atoms with Crippen LogP contribution >= 0.6 is 0 Å². The number of nitrogens with one attached hydrogen (secondary N) is 1. The number of rotatable bonds is 7. The molecule has 0 aromatic heterocycles. The van der Waals surface area contributed by atoms with Crippen molar-refractivity contribution < 1.29 is 14.3 Å². The molecule has 1 aliphatic carbocycles. The molecule has 3 rings (SSSR count). The molecule has 0 bridgehead atoms. The van der Waals surface area contributed by atoms with Gasteiger partial charge in [-0.2, -0.15) is 0 Å². The largest absolute Gasteiger partial charge is 0.467 e. The number of amides is 1. The minimum absolute atomic E-state index is 0.195. The van der Waals surface area contributed by atoms with Crippen molar-refractivity contribution in [1.82, 2.24) is 10.2 Å². The zero-order chi connectivity index (χ0) is 20.7. The Bertz CT molecular complexity index is 758. The molecule has 5 nitrogen and oxygen atoms in total. The lowest BCUT2D eigenvalue weighted by molar-refractivity contribution is -0.153. The summed E-state index contributed by atoms with van der Waals surface area (Å²) in [6.45, 7) is 3.16. The summed E-state index contributed by atoms with van der Waals surface area (Å²) in [5.74, 6) is -0.539. The number of benzene rings is 2. The van der Waals surface area contributed by atoms with E-state index in [1.54, 1.807) is 0 Å². The lowest BCUT2D eigenvalue weighted by atomic mass is 9.78. The van der Waals surface area contributed by atoms with Gasteiger partial charge in [0, 0.05) is 26.1 Å². The number of nitrogens with zero attached hydrogens (tertiary/aromatic N) is 1. The average Bonchev–Trinajstić information content (AvgIpc) is 2.74. The third kappa shape index (κ3) is 5.45. The fourth-order valence-corrected chi connectivity index (χ4v) is 4.32. The second-order valence-corrected chi connectivity index (χ2v) is 7.86. The van der Waals surface area contributed by atoms with Crippen LogP contribution in [0.1, 0.15) is 43.7 Å². The molecule has 1 amide bonds. The van der Waals surface area contributed by atoms with E-state index < -0.39 is 5.54 Å². The maximum absolute atomic E-state index is 12.4. The monoisotopic (exact) mass is 394 g/mol. The third-order valence-corrected chi connectivity index (χ3v) is 5.77. The van der Waals surface area contributed by atoms with Gasteiger partial charge in [-0.05, 0) is 36.8 Å². The van der Waals surface area contributed by atoms with Gasteiger partial charge in [0.1, 0.15) is 5.54 Å². The SMILES string of the molecule is COC(=O)[C@]1(NC(C)=O)CC[C@@H](N(Cc2ccccc2)Cc2ccccc2)CC1. The van der Waals surface area contributed by atoms with Crippen molar-refractivity contribution in [2.45, 2.75) is 57.3 Å². The van der Waals surface area contributed by atoms with Crippen LogP contribution in [0, 0.1) is 0 Å². The summed E-state index contributed by atoms with van der Waals surface area (Å²) in [5, 5.41) is 2.87. The molecule has 1 aliphatic rings. The average molecular weight is 395 g/mol. The number of esters is 1. The van der Waals surface area contributed by atoms with Gasteiger partial charge in [0.25, 0.3) is 0 Å². The molecule has 0 heterocycles. The van der Waals surface area contributed by atoms with Crippen molar-refractivity contribution in [3.05, 3.63) is 71.8 Å². The van der Waals surface area contributed by atoms with E-state index in [9.17, 15) is 9.59 Å². The first-order valence-corrected chi connectivity index (χ1v) is 10.2. The molecular formula is C24H30N2O3. The van der Waals surface area contributed by atoms with Gasteiger partial charge in [-0.3, -0.25) is 9.69 Å². The van der Waals surface area contributed by atoms with E-state index in [0.717, 1.165) is 25.9 Å². The molecule has 0 spiro atoms. The first-order valence-electron chi connectivity index (χ1n) is 10.2. The normalized spacial score (nSPS) is 21.6. The van der Waals surface area contributed by atoms with Gasteiger partial charge in [0.2, 0.25) is 5.91 Å². The van der Waals surface area contributed by atoms with Crippen LogP contribution in [0.15, 0.2) is 60.7 Å². The minimum Gasteiger partial charge on any atom is -0.467 e. The Hall–Kier alpha value is -2.66. The van der Waals surface area contributed by atoms with Gasteiger partial charge in [0.15, 0.2) is 0 Å². The Morgan fingerprint density at radius 3 is 1.86 bits per heavy atom. The summed E-state index contributed by atoms with van der Waals surface area (Å²) < 4.78 is 5.01. The summed E-state index contributed by atoms with van der Waals surface area (Å²) in [6, 6.07) is 21.3. The van der Waals surface area contributed by atoms with Crippen molar-refractivity contribution in [2.24, 2.45) is 0 Å². The standard InChI is InChI=1S/C24H30N2O3/c1-19(27)25-24(23(28)29-2)15-13-22(14-16-24)26(17-20-9-5-3-6-10-20)18-21-11-7-4-8-12-21/h3-12,22H,13-18H2,1-2H3,(H,25,27)/t22-,24+. The number of carbonyl (C=O) groups is 2. The molecule has 0 saturated heterocycles. The molecule has 0 radical (unpaired) electrons. The molecule has 5 heteroatoms.